The van der Waals surface area contributed by atoms with E-state index < -0.39 is 12.8 Å². The molecular weight excluding hydrogens is 235 g/mol. The minimum absolute atomic E-state index is 0.0462. The number of carbonyl (C=O) groups excluding carboxylic acids is 1. The van der Waals surface area contributed by atoms with Crippen LogP contribution in [0.3, 0.4) is 0 Å². The van der Waals surface area contributed by atoms with Crippen molar-refractivity contribution < 1.29 is 18.7 Å². The molecule has 4 heteroatoms. The van der Waals surface area contributed by atoms with Gasteiger partial charge in [0.25, 0.3) is 0 Å². The molecule has 1 aliphatic rings. The fourth-order valence-electron chi connectivity index (χ4n) is 2.03. The van der Waals surface area contributed by atoms with E-state index in [-0.39, 0.29) is 18.3 Å². The smallest absolute Gasteiger partial charge is 0.311 e. The summed E-state index contributed by atoms with van der Waals surface area (Å²) in [6.45, 7) is 3.49. The zero-order valence-electron chi connectivity index (χ0n) is 10.6. The Labute approximate surface area is 106 Å². The van der Waals surface area contributed by atoms with Crippen molar-refractivity contribution in [2.45, 2.75) is 32.3 Å². The highest BCUT2D eigenvalue weighted by Gasteiger charge is 2.27. The lowest BCUT2D eigenvalue weighted by Crippen LogP contribution is -2.25. The Morgan fingerprint density at radius 2 is 2.33 bits per heavy atom. The fourth-order valence-corrected chi connectivity index (χ4v) is 2.03. The second-order valence-electron chi connectivity index (χ2n) is 4.71. The average molecular weight is 252 g/mol. The normalized spacial score (nSPS) is 20.2. The number of fused-ring (bicyclic) bond motifs is 1. The van der Waals surface area contributed by atoms with Gasteiger partial charge in [0, 0.05) is 11.5 Å². The molecule has 0 N–H and O–H groups in total. The second-order valence-corrected chi connectivity index (χ2v) is 4.71. The van der Waals surface area contributed by atoms with Crippen molar-refractivity contribution in [3.05, 3.63) is 29.3 Å². The maximum Gasteiger partial charge on any atom is 0.311 e. The first-order valence-corrected chi connectivity index (χ1v) is 6.09. The van der Waals surface area contributed by atoms with Crippen LogP contribution in [-0.4, -0.2) is 25.4 Å². The predicted molar refractivity (Wildman–Crippen MR) is 65.6 cm³/mol. The number of alkyl halides is 1. The minimum Gasteiger partial charge on any atom is -0.426 e. The van der Waals surface area contributed by atoms with Crippen LogP contribution in [0, 0.1) is 6.92 Å². The number of ether oxygens (including phenoxy) is 2. The van der Waals surface area contributed by atoms with Gasteiger partial charge in [-0.3, -0.25) is 4.79 Å². The Balaban J connectivity index is 2.16. The summed E-state index contributed by atoms with van der Waals surface area (Å²) >= 11 is 0. The van der Waals surface area contributed by atoms with Crippen molar-refractivity contribution in [3.8, 4) is 5.75 Å². The van der Waals surface area contributed by atoms with Gasteiger partial charge in [0.1, 0.15) is 12.4 Å². The molecule has 2 rings (SSSR count). The van der Waals surface area contributed by atoms with E-state index in [0.717, 1.165) is 11.1 Å². The predicted octanol–water partition coefficient (Wildman–Crippen LogP) is 2.76. The highest BCUT2D eigenvalue weighted by atomic mass is 19.1. The van der Waals surface area contributed by atoms with E-state index in [2.05, 4.69) is 0 Å². The Morgan fingerprint density at radius 1 is 1.56 bits per heavy atom. The molecule has 0 bridgehead atoms. The number of esters is 1. The van der Waals surface area contributed by atoms with Crippen LogP contribution in [0.25, 0.3) is 0 Å². The molecule has 1 aromatic rings. The third-order valence-corrected chi connectivity index (χ3v) is 3.04. The number of carbonyl (C=O) groups is 1. The van der Waals surface area contributed by atoms with E-state index in [9.17, 15) is 9.18 Å². The highest BCUT2D eigenvalue weighted by molar-refractivity contribution is 5.76. The van der Waals surface area contributed by atoms with E-state index in [1.165, 1.54) is 0 Å². The summed E-state index contributed by atoms with van der Waals surface area (Å²) < 4.78 is 22.9. The summed E-state index contributed by atoms with van der Waals surface area (Å²) in [4.78, 5) is 11.5. The molecule has 0 saturated heterocycles. The first kappa shape index (κ1) is 13.0. The van der Waals surface area contributed by atoms with Crippen molar-refractivity contribution >= 4 is 5.97 Å². The first-order valence-electron chi connectivity index (χ1n) is 6.09. The molecule has 1 aromatic carbocycles. The van der Waals surface area contributed by atoms with E-state index >= 15 is 0 Å². The molecule has 1 heterocycles. The fraction of sp³-hybridized carbons (Fsp3) is 0.500. The molecule has 2 unspecified atom stereocenters. The van der Waals surface area contributed by atoms with Gasteiger partial charge in [-0.25, -0.2) is 4.39 Å². The van der Waals surface area contributed by atoms with Crippen LogP contribution in [0.2, 0.25) is 0 Å². The SMILES string of the molecule is Cc1ccc2c(c1)C(COC(C)CF)CC(=O)O2. The molecule has 1 aliphatic heterocycles. The quantitative estimate of drug-likeness (QED) is 0.610. The van der Waals surface area contributed by atoms with Crippen LogP contribution in [-0.2, 0) is 9.53 Å². The molecular formula is C14H17FO3. The molecule has 2 atom stereocenters. The van der Waals surface area contributed by atoms with Crippen LogP contribution < -0.4 is 4.74 Å². The first-order chi connectivity index (χ1) is 8.60. The number of hydrogen-bond donors (Lipinski definition) is 0. The largest absolute Gasteiger partial charge is 0.426 e. The molecule has 0 spiro atoms. The zero-order valence-corrected chi connectivity index (χ0v) is 10.6. The summed E-state index contributed by atoms with van der Waals surface area (Å²) in [6.07, 6.45) is -0.147. The van der Waals surface area contributed by atoms with Gasteiger partial charge in [-0.15, -0.1) is 0 Å². The Morgan fingerprint density at radius 3 is 3.06 bits per heavy atom. The lowest BCUT2D eigenvalue weighted by atomic mass is 9.92. The number of rotatable bonds is 4. The molecule has 18 heavy (non-hydrogen) atoms. The molecule has 0 saturated carbocycles. The minimum atomic E-state index is -0.516. The van der Waals surface area contributed by atoms with Gasteiger partial charge in [-0.2, -0.15) is 0 Å². The van der Waals surface area contributed by atoms with Crippen LogP contribution in [0.5, 0.6) is 5.75 Å². The summed E-state index contributed by atoms with van der Waals surface area (Å²) in [6, 6.07) is 5.70. The van der Waals surface area contributed by atoms with Crippen molar-refractivity contribution in [2.75, 3.05) is 13.3 Å². The Bertz CT molecular complexity index is 445. The molecule has 0 amide bonds. The number of halogens is 1. The van der Waals surface area contributed by atoms with Crippen LogP contribution in [0.4, 0.5) is 4.39 Å². The van der Waals surface area contributed by atoms with Gasteiger partial charge >= 0.3 is 5.97 Å². The van der Waals surface area contributed by atoms with Crippen molar-refractivity contribution in [1.82, 2.24) is 0 Å². The summed E-state index contributed by atoms with van der Waals surface area (Å²) in [5.74, 6) is 0.293. The lowest BCUT2D eigenvalue weighted by Gasteiger charge is -2.25. The van der Waals surface area contributed by atoms with E-state index in [1.54, 1.807) is 13.0 Å². The Hall–Kier alpha value is -1.42. The van der Waals surface area contributed by atoms with Crippen molar-refractivity contribution in [2.24, 2.45) is 0 Å². The van der Waals surface area contributed by atoms with Gasteiger partial charge in [0.15, 0.2) is 0 Å². The third-order valence-electron chi connectivity index (χ3n) is 3.04. The standard InChI is InChI=1S/C14H17FO3/c1-9-3-4-13-12(5-9)11(6-14(16)18-13)8-17-10(2)7-15/h3-5,10-11H,6-8H2,1-2H3. The van der Waals surface area contributed by atoms with Crippen LogP contribution in [0.15, 0.2) is 18.2 Å². The molecule has 0 fully saturated rings. The highest BCUT2D eigenvalue weighted by Crippen LogP contribution is 2.35. The molecule has 0 radical (unpaired) electrons. The second kappa shape index (κ2) is 5.48. The van der Waals surface area contributed by atoms with E-state index in [4.69, 9.17) is 9.47 Å². The van der Waals surface area contributed by atoms with Crippen LogP contribution in [0.1, 0.15) is 30.4 Å². The monoisotopic (exact) mass is 252 g/mol. The lowest BCUT2D eigenvalue weighted by molar-refractivity contribution is -0.136. The molecule has 0 aliphatic carbocycles. The summed E-state index contributed by atoms with van der Waals surface area (Å²) in [7, 11) is 0. The zero-order chi connectivity index (χ0) is 13.1. The summed E-state index contributed by atoms with van der Waals surface area (Å²) in [5, 5.41) is 0. The Kier molecular flexibility index (Phi) is 3.97. The molecule has 3 nitrogen and oxygen atoms in total. The third kappa shape index (κ3) is 2.88. The molecule has 0 aromatic heterocycles. The van der Waals surface area contributed by atoms with Gasteiger partial charge in [0.05, 0.1) is 19.1 Å². The van der Waals surface area contributed by atoms with E-state index in [0.29, 0.717) is 12.4 Å². The number of aryl methyl sites for hydroxylation is 1. The van der Waals surface area contributed by atoms with Gasteiger partial charge < -0.3 is 9.47 Å². The summed E-state index contributed by atoms with van der Waals surface area (Å²) in [5.41, 5.74) is 2.08. The van der Waals surface area contributed by atoms with Gasteiger partial charge in [-0.1, -0.05) is 17.7 Å². The van der Waals surface area contributed by atoms with Gasteiger partial charge in [-0.05, 0) is 19.9 Å². The van der Waals surface area contributed by atoms with Crippen molar-refractivity contribution in [3.63, 3.8) is 0 Å². The maximum absolute atomic E-state index is 12.4. The number of benzene rings is 1. The van der Waals surface area contributed by atoms with Crippen molar-refractivity contribution in [1.29, 1.82) is 0 Å². The van der Waals surface area contributed by atoms with E-state index in [1.807, 2.05) is 19.1 Å². The molecule has 98 valence electrons. The topological polar surface area (TPSA) is 35.5 Å². The average Bonchev–Trinajstić information content (AvgIpc) is 2.36. The maximum atomic E-state index is 12.4. The van der Waals surface area contributed by atoms with Crippen LogP contribution >= 0.6 is 0 Å². The van der Waals surface area contributed by atoms with Gasteiger partial charge in [0.2, 0.25) is 0 Å². The number of hydrogen-bond acceptors (Lipinski definition) is 3.